The van der Waals surface area contributed by atoms with Gasteiger partial charge in [-0.15, -0.1) is 0 Å². The van der Waals surface area contributed by atoms with E-state index in [1.54, 1.807) is 4.90 Å². The number of benzene rings is 3. The quantitative estimate of drug-likeness (QED) is 0.441. The number of carbonyl (C=O) groups is 1. The molecule has 3 aromatic carbocycles. The molecule has 2 heterocycles. The van der Waals surface area contributed by atoms with Gasteiger partial charge in [0.25, 0.3) is 5.91 Å². The Morgan fingerprint density at radius 3 is 2.41 bits per heavy atom. The number of rotatable bonds is 6. The summed E-state index contributed by atoms with van der Waals surface area (Å²) in [6, 6.07) is 24.3. The van der Waals surface area contributed by atoms with Gasteiger partial charge >= 0.3 is 0 Å². The van der Waals surface area contributed by atoms with E-state index >= 15 is 0 Å². The molecule has 0 aliphatic carbocycles. The van der Waals surface area contributed by atoms with Crippen LogP contribution in [0.3, 0.4) is 0 Å². The highest BCUT2D eigenvalue weighted by Crippen LogP contribution is 2.30. The molecule has 1 amide bonds. The van der Waals surface area contributed by atoms with E-state index in [1.165, 1.54) is 10.5 Å². The van der Waals surface area contributed by atoms with Gasteiger partial charge in [0.1, 0.15) is 37.3 Å². The predicted octanol–water partition coefficient (Wildman–Crippen LogP) is 2.02. The van der Waals surface area contributed by atoms with Crippen molar-refractivity contribution in [3.05, 3.63) is 84.4 Å². The van der Waals surface area contributed by atoms with E-state index in [9.17, 15) is 4.79 Å². The SMILES string of the molecule is O=C(C[NH+]1CC[NH+](C/C=C/c2ccccc2)CC1)Nc1ccc2oc3ccccc3c2c1. The standard InChI is InChI=1S/C27H27N3O2/c31-27(28-22-12-13-26-24(19-22)23-10-4-5-11-25(23)32-26)20-30-17-15-29(16-18-30)14-6-9-21-7-2-1-3-8-21/h1-13,19H,14-18,20H2,(H,28,31)/p+2/b9-6+. The highest BCUT2D eigenvalue weighted by atomic mass is 16.3. The third kappa shape index (κ3) is 4.74. The van der Waals surface area contributed by atoms with Crippen LogP contribution in [0.4, 0.5) is 5.69 Å². The zero-order valence-corrected chi connectivity index (χ0v) is 18.1. The molecule has 1 aliphatic heterocycles. The first kappa shape index (κ1) is 20.5. The molecule has 1 aliphatic rings. The molecule has 5 heteroatoms. The van der Waals surface area contributed by atoms with Gasteiger partial charge in [0.2, 0.25) is 0 Å². The van der Waals surface area contributed by atoms with Crippen molar-refractivity contribution >= 4 is 39.6 Å². The monoisotopic (exact) mass is 427 g/mol. The predicted molar refractivity (Wildman–Crippen MR) is 129 cm³/mol. The summed E-state index contributed by atoms with van der Waals surface area (Å²) in [6.07, 6.45) is 4.46. The Bertz CT molecular complexity index is 1240. The van der Waals surface area contributed by atoms with E-state index in [2.05, 4.69) is 41.7 Å². The lowest BCUT2D eigenvalue weighted by Gasteiger charge is -2.28. The van der Waals surface area contributed by atoms with Crippen LogP contribution in [0.1, 0.15) is 5.56 Å². The molecule has 4 aromatic rings. The van der Waals surface area contributed by atoms with Gasteiger partial charge in [-0.25, -0.2) is 0 Å². The van der Waals surface area contributed by atoms with Crippen LogP contribution >= 0.6 is 0 Å². The molecular weight excluding hydrogens is 398 g/mol. The van der Waals surface area contributed by atoms with Crippen molar-refractivity contribution in [1.29, 1.82) is 0 Å². The molecular formula is C27H29N3O2+2. The number of para-hydroxylation sites is 1. The summed E-state index contributed by atoms with van der Waals surface area (Å²) in [7, 11) is 0. The Morgan fingerprint density at radius 2 is 1.56 bits per heavy atom. The highest BCUT2D eigenvalue weighted by Gasteiger charge is 2.24. The summed E-state index contributed by atoms with van der Waals surface area (Å²) < 4.78 is 5.87. The van der Waals surface area contributed by atoms with E-state index in [4.69, 9.17) is 4.42 Å². The molecule has 1 aromatic heterocycles. The Labute approximate surface area is 187 Å². The Balaban J connectivity index is 1.12. The number of hydrogen-bond donors (Lipinski definition) is 3. The first-order chi connectivity index (χ1) is 15.7. The number of anilines is 1. The van der Waals surface area contributed by atoms with Gasteiger partial charge in [0.05, 0.1) is 6.54 Å². The van der Waals surface area contributed by atoms with Gasteiger partial charge in [-0.3, -0.25) is 4.79 Å². The van der Waals surface area contributed by atoms with Crippen molar-refractivity contribution in [3.63, 3.8) is 0 Å². The van der Waals surface area contributed by atoms with Crippen LogP contribution in [0.2, 0.25) is 0 Å². The summed E-state index contributed by atoms with van der Waals surface area (Å²) in [6.45, 7) is 5.77. The fourth-order valence-corrected chi connectivity index (χ4v) is 4.50. The van der Waals surface area contributed by atoms with Crippen molar-refractivity contribution in [2.45, 2.75) is 0 Å². The van der Waals surface area contributed by atoms with Crippen LogP contribution < -0.4 is 15.1 Å². The summed E-state index contributed by atoms with van der Waals surface area (Å²) >= 11 is 0. The molecule has 5 nitrogen and oxygen atoms in total. The Hall–Kier alpha value is -3.41. The first-order valence-corrected chi connectivity index (χ1v) is 11.3. The van der Waals surface area contributed by atoms with Crippen molar-refractivity contribution in [2.75, 3.05) is 44.6 Å². The maximum absolute atomic E-state index is 12.7. The van der Waals surface area contributed by atoms with Crippen molar-refractivity contribution in [2.24, 2.45) is 0 Å². The minimum atomic E-state index is 0.0690. The number of quaternary nitrogens is 2. The lowest BCUT2D eigenvalue weighted by Crippen LogP contribution is -3.28. The number of amides is 1. The minimum absolute atomic E-state index is 0.0690. The van der Waals surface area contributed by atoms with Gasteiger partial charge in [-0.05, 0) is 35.9 Å². The number of furan rings is 1. The van der Waals surface area contributed by atoms with E-state index in [-0.39, 0.29) is 5.91 Å². The van der Waals surface area contributed by atoms with Crippen molar-refractivity contribution in [1.82, 2.24) is 0 Å². The largest absolute Gasteiger partial charge is 0.456 e. The summed E-state index contributed by atoms with van der Waals surface area (Å²) in [5.41, 5.74) is 3.78. The van der Waals surface area contributed by atoms with E-state index in [0.29, 0.717) is 6.54 Å². The molecule has 162 valence electrons. The summed E-state index contributed by atoms with van der Waals surface area (Å²) in [5.74, 6) is 0.0690. The molecule has 0 radical (unpaired) electrons. The average Bonchev–Trinajstić information content (AvgIpc) is 3.19. The van der Waals surface area contributed by atoms with Crippen molar-refractivity contribution < 1.29 is 19.0 Å². The molecule has 0 spiro atoms. The molecule has 0 saturated carbocycles. The van der Waals surface area contributed by atoms with Crippen LogP contribution in [-0.2, 0) is 4.79 Å². The van der Waals surface area contributed by atoms with Gasteiger partial charge < -0.3 is 19.5 Å². The van der Waals surface area contributed by atoms with Gasteiger partial charge in [-0.1, -0.05) is 54.6 Å². The third-order valence-electron chi connectivity index (χ3n) is 6.25. The van der Waals surface area contributed by atoms with Crippen molar-refractivity contribution in [3.8, 4) is 0 Å². The molecule has 0 atom stereocenters. The highest BCUT2D eigenvalue weighted by molar-refractivity contribution is 6.06. The molecule has 0 unspecified atom stereocenters. The number of piperazine rings is 1. The minimum Gasteiger partial charge on any atom is -0.456 e. The third-order valence-corrected chi connectivity index (χ3v) is 6.25. The second-order valence-electron chi connectivity index (χ2n) is 8.55. The van der Waals surface area contributed by atoms with Gasteiger partial charge in [0, 0.05) is 16.5 Å². The lowest BCUT2D eigenvalue weighted by molar-refractivity contribution is -1.01. The number of hydrogen-bond acceptors (Lipinski definition) is 2. The number of nitrogens with one attached hydrogen (secondary N) is 3. The van der Waals surface area contributed by atoms with Crippen LogP contribution in [0.5, 0.6) is 0 Å². The molecule has 0 bridgehead atoms. The first-order valence-electron chi connectivity index (χ1n) is 11.3. The molecule has 5 rings (SSSR count). The molecule has 32 heavy (non-hydrogen) atoms. The summed E-state index contributed by atoms with van der Waals surface area (Å²) in [4.78, 5) is 15.6. The van der Waals surface area contributed by atoms with Crippen LogP contribution in [-0.4, -0.2) is 45.2 Å². The average molecular weight is 428 g/mol. The maximum Gasteiger partial charge on any atom is 0.279 e. The second kappa shape index (κ2) is 9.39. The van der Waals surface area contributed by atoms with Crippen LogP contribution in [0, 0.1) is 0 Å². The molecule has 1 saturated heterocycles. The molecule has 3 N–H and O–H groups in total. The lowest BCUT2D eigenvalue weighted by atomic mass is 10.1. The number of fused-ring (bicyclic) bond motifs is 3. The zero-order chi connectivity index (χ0) is 21.8. The Morgan fingerprint density at radius 1 is 0.844 bits per heavy atom. The topological polar surface area (TPSA) is 51.1 Å². The molecule has 1 fully saturated rings. The van der Waals surface area contributed by atoms with Crippen LogP contribution in [0.25, 0.3) is 28.0 Å². The fraction of sp³-hybridized carbons (Fsp3) is 0.222. The second-order valence-corrected chi connectivity index (χ2v) is 8.55. The van der Waals surface area contributed by atoms with E-state index in [0.717, 1.165) is 60.3 Å². The van der Waals surface area contributed by atoms with E-state index in [1.807, 2.05) is 48.5 Å². The van der Waals surface area contributed by atoms with Crippen LogP contribution in [0.15, 0.2) is 83.3 Å². The number of carbonyl (C=O) groups excluding carboxylic acids is 1. The van der Waals surface area contributed by atoms with E-state index < -0.39 is 0 Å². The fourth-order valence-electron chi connectivity index (χ4n) is 4.50. The normalized spacial score (nSPS) is 19.0. The summed E-state index contributed by atoms with van der Waals surface area (Å²) in [5, 5.41) is 5.19. The Kier molecular flexibility index (Phi) is 6.01. The van der Waals surface area contributed by atoms with Gasteiger partial charge in [0.15, 0.2) is 6.54 Å². The zero-order valence-electron chi connectivity index (χ0n) is 18.1. The maximum atomic E-state index is 12.7. The van der Waals surface area contributed by atoms with Gasteiger partial charge in [-0.2, -0.15) is 0 Å². The smallest absolute Gasteiger partial charge is 0.279 e.